The lowest BCUT2D eigenvalue weighted by Crippen LogP contribution is -2.26. The molecule has 1 aromatic rings. The molecule has 3 nitrogen and oxygen atoms in total. The molecular formula is C30H40O3. The first-order valence-corrected chi connectivity index (χ1v) is 11.5. The van der Waals surface area contributed by atoms with E-state index in [-0.39, 0.29) is 17.8 Å². The maximum Gasteiger partial charge on any atom is 0.338 e. The molecule has 0 spiro atoms. The van der Waals surface area contributed by atoms with Gasteiger partial charge in [0.15, 0.2) is 5.78 Å². The van der Waals surface area contributed by atoms with Crippen LogP contribution in [0.4, 0.5) is 0 Å². The summed E-state index contributed by atoms with van der Waals surface area (Å²) in [5.41, 5.74) is 5.82. The van der Waals surface area contributed by atoms with Crippen molar-refractivity contribution in [2.75, 3.05) is 6.61 Å². The van der Waals surface area contributed by atoms with Crippen LogP contribution in [-0.2, 0) is 4.74 Å². The molecule has 0 heterocycles. The van der Waals surface area contributed by atoms with Crippen LogP contribution in [0.15, 0.2) is 84.0 Å². The molecule has 178 valence electrons. The lowest BCUT2D eigenvalue weighted by Gasteiger charge is -2.30. The molecule has 0 bridgehead atoms. The van der Waals surface area contributed by atoms with Crippen LogP contribution in [0.3, 0.4) is 0 Å². The molecule has 0 aliphatic rings. The molecule has 0 saturated carbocycles. The molecule has 0 radical (unpaired) electrons. The number of hydrogen-bond acceptors (Lipinski definition) is 3. The van der Waals surface area contributed by atoms with E-state index in [1.165, 1.54) is 6.92 Å². The Morgan fingerprint density at radius 2 is 1.45 bits per heavy atom. The van der Waals surface area contributed by atoms with Crippen molar-refractivity contribution >= 4 is 11.8 Å². The van der Waals surface area contributed by atoms with Gasteiger partial charge in [-0.2, -0.15) is 0 Å². The summed E-state index contributed by atoms with van der Waals surface area (Å²) in [6, 6.07) is 6.79. The second-order valence-corrected chi connectivity index (χ2v) is 9.23. The van der Waals surface area contributed by atoms with Crippen molar-refractivity contribution in [3.8, 4) is 0 Å². The lowest BCUT2D eigenvalue weighted by molar-refractivity contribution is 0.0276. The Hall–Kier alpha value is -2.94. The molecule has 0 aliphatic carbocycles. The van der Waals surface area contributed by atoms with Crippen LogP contribution in [0, 0.1) is 5.41 Å². The summed E-state index contributed by atoms with van der Waals surface area (Å²) in [5, 5.41) is 0. The molecule has 1 unspecified atom stereocenters. The highest BCUT2D eigenvalue weighted by molar-refractivity contribution is 6.05. The molecule has 0 saturated heterocycles. The van der Waals surface area contributed by atoms with Gasteiger partial charge >= 0.3 is 5.97 Å². The Morgan fingerprint density at radius 1 is 0.909 bits per heavy atom. The van der Waals surface area contributed by atoms with Gasteiger partial charge in [0.2, 0.25) is 0 Å². The standard InChI is InChI=1S/C30H40O3/c1-10-25(22(5)6)26(11-2)23(7)17-19-30(9,18-16-21(3)4)20-33-29(32)28-15-13-12-14-27(28)24(8)31/h10-15H,3,5,7,16-20H2,1-2,4,6,8-9H3/b25-10-,26-11-. The first kappa shape index (κ1) is 28.1. The minimum absolute atomic E-state index is 0.153. The van der Waals surface area contributed by atoms with E-state index in [2.05, 4.69) is 38.8 Å². The van der Waals surface area contributed by atoms with Crippen molar-refractivity contribution in [2.45, 2.75) is 67.2 Å². The van der Waals surface area contributed by atoms with Crippen LogP contribution in [0.5, 0.6) is 0 Å². The van der Waals surface area contributed by atoms with E-state index in [0.29, 0.717) is 11.1 Å². The quantitative estimate of drug-likeness (QED) is 0.132. The molecular weight excluding hydrogens is 408 g/mol. The summed E-state index contributed by atoms with van der Waals surface area (Å²) in [6.45, 7) is 24.4. The Labute approximate surface area is 200 Å². The smallest absolute Gasteiger partial charge is 0.338 e. The highest BCUT2D eigenvalue weighted by atomic mass is 16.5. The number of allylic oxidation sites excluding steroid dienone is 7. The van der Waals surface area contributed by atoms with Crippen molar-refractivity contribution in [2.24, 2.45) is 5.41 Å². The average Bonchev–Trinajstić information content (AvgIpc) is 2.77. The fourth-order valence-electron chi connectivity index (χ4n) is 3.84. The maximum atomic E-state index is 12.8. The molecule has 0 amide bonds. The SMILES string of the molecule is C=C(C)CCC(C)(CCC(=C)C(=C/C)/C(=C\C)C(=C)C)COC(=O)c1ccccc1C(C)=O. The van der Waals surface area contributed by atoms with Gasteiger partial charge in [-0.15, -0.1) is 6.58 Å². The Balaban J connectivity index is 3.01. The summed E-state index contributed by atoms with van der Waals surface area (Å²) in [5.74, 6) is -0.617. The number of esters is 1. The van der Waals surface area contributed by atoms with E-state index < -0.39 is 5.97 Å². The van der Waals surface area contributed by atoms with Crippen LogP contribution >= 0.6 is 0 Å². The van der Waals surface area contributed by atoms with Gasteiger partial charge in [-0.3, -0.25) is 4.79 Å². The average molecular weight is 449 g/mol. The van der Waals surface area contributed by atoms with Gasteiger partial charge in [0.1, 0.15) is 0 Å². The van der Waals surface area contributed by atoms with Gasteiger partial charge < -0.3 is 4.74 Å². The van der Waals surface area contributed by atoms with Crippen molar-refractivity contribution in [1.29, 1.82) is 0 Å². The summed E-state index contributed by atoms with van der Waals surface area (Å²) in [6.07, 6.45) is 7.43. The van der Waals surface area contributed by atoms with Gasteiger partial charge in [0.25, 0.3) is 0 Å². The van der Waals surface area contributed by atoms with E-state index in [1.54, 1.807) is 24.3 Å². The largest absolute Gasteiger partial charge is 0.461 e. The summed E-state index contributed by atoms with van der Waals surface area (Å²) in [7, 11) is 0. The molecule has 1 atom stereocenters. The normalized spacial score (nSPS) is 13.8. The minimum Gasteiger partial charge on any atom is -0.461 e. The third-order valence-electron chi connectivity index (χ3n) is 5.97. The summed E-state index contributed by atoms with van der Waals surface area (Å²) in [4.78, 5) is 24.7. The van der Waals surface area contributed by atoms with E-state index >= 15 is 0 Å². The zero-order valence-corrected chi connectivity index (χ0v) is 21.3. The number of hydrogen-bond donors (Lipinski definition) is 0. The second kappa shape index (κ2) is 12.9. The van der Waals surface area contributed by atoms with Crippen LogP contribution < -0.4 is 0 Å². The molecule has 0 aliphatic heterocycles. The third kappa shape index (κ3) is 8.49. The number of carbonyl (C=O) groups is 2. The highest BCUT2D eigenvalue weighted by Gasteiger charge is 2.28. The molecule has 33 heavy (non-hydrogen) atoms. The zero-order chi connectivity index (χ0) is 25.2. The predicted molar refractivity (Wildman–Crippen MR) is 140 cm³/mol. The fraction of sp³-hybridized carbons (Fsp3) is 0.400. The highest BCUT2D eigenvalue weighted by Crippen LogP contribution is 2.35. The monoisotopic (exact) mass is 448 g/mol. The van der Waals surface area contributed by atoms with Crippen LogP contribution in [0.1, 0.15) is 87.9 Å². The molecule has 0 fully saturated rings. The Morgan fingerprint density at radius 3 is 1.94 bits per heavy atom. The number of rotatable bonds is 13. The van der Waals surface area contributed by atoms with Crippen LogP contribution in [-0.4, -0.2) is 18.4 Å². The first-order chi connectivity index (χ1) is 15.5. The summed E-state index contributed by atoms with van der Waals surface area (Å²) < 4.78 is 5.75. The Bertz CT molecular complexity index is 974. The van der Waals surface area contributed by atoms with E-state index in [4.69, 9.17) is 4.74 Å². The van der Waals surface area contributed by atoms with E-state index in [1.807, 2.05) is 27.7 Å². The molecule has 0 N–H and O–H groups in total. The topological polar surface area (TPSA) is 43.4 Å². The fourth-order valence-corrected chi connectivity index (χ4v) is 3.84. The zero-order valence-electron chi connectivity index (χ0n) is 21.3. The van der Waals surface area contributed by atoms with Crippen LogP contribution in [0.25, 0.3) is 0 Å². The van der Waals surface area contributed by atoms with E-state index in [0.717, 1.165) is 53.5 Å². The number of Topliss-reactive ketones (excluding diaryl/α,β-unsaturated/α-hetero) is 1. The van der Waals surface area contributed by atoms with Gasteiger partial charge in [0.05, 0.1) is 12.2 Å². The first-order valence-electron chi connectivity index (χ1n) is 11.5. The molecule has 1 rings (SSSR count). The third-order valence-corrected chi connectivity index (χ3v) is 5.97. The number of ketones is 1. The predicted octanol–water partition coefficient (Wildman–Crippen LogP) is 8.21. The number of benzene rings is 1. The number of carbonyl (C=O) groups excluding carboxylic acids is 2. The van der Waals surface area contributed by atoms with Crippen molar-refractivity contribution in [3.63, 3.8) is 0 Å². The van der Waals surface area contributed by atoms with Gasteiger partial charge in [-0.1, -0.05) is 61.6 Å². The summed E-state index contributed by atoms with van der Waals surface area (Å²) >= 11 is 0. The van der Waals surface area contributed by atoms with Crippen LogP contribution in [0.2, 0.25) is 0 Å². The van der Waals surface area contributed by atoms with Crippen molar-refractivity contribution in [3.05, 3.63) is 95.1 Å². The van der Waals surface area contributed by atoms with Gasteiger partial charge in [-0.25, -0.2) is 4.79 Å². The van der Waals surface area contributed by atoms with Crippen molar-refractivity contribution in [1.82, 2.24) is 0 Å². The maximum absolute atomic E-state index is 12.8. The molecule has 1 aromatic carbocycles. The van der Waals surface area contributed by atoms with Gasteiger partial charge in [0, 0.05) is 11.0 Å². The lowest BCUT2D eigenvalue weighted by atomic mass is 9.78. The molecule has 0 aromatic heterocycles. The minimum atomic E-state index is -0.464. The second-order valence-electron chi connectivity index (χ2n) is 9.23. The van der Waals surface area contributed by atoms with E-state index in [9.17, 15) is 9.59 Å². The van der Waals surface area contributed by atoms with Gasteiger partial charge in [-0.05, 0) is 83.1 Å². The number of ether oxygens (including phenoxy) is 1. The molecule has 3 heteroatoms. The Kier molecular flexibility index (Phi) is 11.0. The van der Waals surface area contributed by atoms with Crippen molar-refractivity contribution < 1.29 is 14.3 Å².